The predicted octanol–water partition coefficient (Wildman–Crippen LogP) is 5.07. The van der Waals surface area contributed by atoms with Crippen molar-refractivity contribution in [3.8, 4) is 0 Å². The minimum Gasteiger partial charge on any atom is -0.326 e. The molecule has 0 radical (unpaired) electrons. The Morgan fingerprint density at radius 2 is 1.47 bits per heavy atom. The molecule has 0 aromatic heterocycles. The van der Waals surface area contributed by atoms with Gasteiger partial charge < -0.3 is 5.32 Å². The van der Waals surface area contributed by atoms with Gasteiger partial charge in [-0.25, -0.2) is 8.42 Å². The normalized spacial score (nSPS) is 11.1. The summed E-state index contributed by atoms with van der Waals surface area (Å²) < 4.78 is 27.9. The van der Waals surface area contributed by atoms with Gasteiger partial charge in [0.2, 0.25) is 5.91 Å². The molecule has 0 atom stereocenters. The molecule has 3 aromatic carbocycles. The average Bonchev–Trinajstić information content (AvgIpc) is 2.68. The zero-order chi connectivity index (χ0) is 21.6. The van der Waals surface area contributed by atoms with Gasteiger partial charge in [-0.1, -0.05) is 36.4 Å². The monoisotopic (exact) mass is 422 g/mol. The molecular formula is C24H26N2O3S. The summed E-state index contributed by atoms with van der Waals surface area (Å²) in [5, 5.41) is 2.82. The van der Waals surface area contributed by atoms with E-state index in [2.05, 4.69) is 10.0 Å². The first-order valence-corrected chi connectivity index (χ1v) is 11.4. The van der Waals surface area contributed by atoms with Gasteiger partial charge in [0.1, 0.15) is 0 Å². The van der Waals surface area contributed by atoms with Crippen LogP contribution in [0.3, 0.4) is 0 Å². The first kappa shape index (κ1) is 21.6. The highest BCUT2D eigenvalue weighted by molar-refractivity contribution is 7.92. The van der Waals surface area contributed by atoms with Crippen LogP contribution in [0, 0.1) is 13.8 Å². The molecule has 0 spiro atoms. The number of anilines is 2. The molecule has 6 heteroatoms. The number of sulfonamides is 1. The van der Waals surface area contributed by atoms with Gasteiger partial charge in [0.25, 0.3) is 10.0 Å². The number of nitrogens with one attached hydrogen (secondary N) is 2. The third-order valence-corrected chi connectivity index (χ3v) is 6.03. The van der Waals surface area contributed by atoms with Gasteiger partial charge in [0, 0.05) is 17.8 Å². The van der Waals surface area contributed by atoms with Crippen molar-refractivity contribution in [2.75, 3.05) is 10.0 Å². The number of rotatable bonds is 8. The Bertz CT molecular complexity index is 1090. The summed E-state index contributed by atoms with van der Waals surface area (Å²) in [7, 11) is -3.70. The fraction of sp³-hybridized carbons (Fsp3) is 0.208. The summed E-state index contributed by atoms with van der Waals surface area (Å²) in [6, 6.07) is 21.8. The fourth-order valence-corrected chi connectivity index (χ4v) is 4.33. The van der Waals surface area contributed by atoms with Gasteiger partial charge in [0.05, 0.1) is 4.90 Å². The van der Waals surface area contributed by atoms with E-state index in [-0.39, 0.29) is 10.8 Å². The Hall–Kier alpha value is -3.12. The smallest absolute Gasteiger partial charge is 0.261 e. The van der Waals surface area contributed by atoms with Crippen molar-refractivity contribution in [3.63, 3.8) is 0 Å². The minimum atomic E-state index is -3.70. The number of hydrogen-bond acceptors (Lipinski definition) is 3. The summed E-state index contributed by atoms with van der Waals surface area (Å²) in [5.74, 6) is -0.0881. The Morgan fingerprint density at radius 1 is 0.833 bits per heavy atom. The second-order valence-corrected chi connectivity index (χ2v) is 9.08. The lowest BCUT2D eigenvalue weighted by atomic mass is 10.1. The van der Waals surface area contributed by atoms with Crippen LogP contribution in [0.2, 0.25) is 0 Å². The minimum absolute atomic E-state index is 0.0881. The van der Waals surface area contributed by atoms with Gasteiger partial charge in [-0.3, -0.25) is 9.52 Å². The van der Waals surface area contributed by atoms with Crippen LogP contribution in [0.5, 0.6) is 0 Å². The Labute approximate surface area is 178 Å². The van der Waals surface area contributed by atoms with Gasteiger partial charge in [-0.05, 0) is 79.8 Å². The summed E-state index contributed by atoms with van der Waals surface area (Å²) in [6.45, 7) is 3.84. The number of benzene rings is 3. The largest absolute Gasteiger partial charge is 0.326 e. The lowest BCUT2D eigenvalue weighted by Crippen LogP contribution is -2.14. The van der Waals surface area contributed by atoms with E-state index in [1.54, 1.807) is 24.3 Å². The molecular weight excluding hydrogens is 396 g/mol. The standard InChI is InChI=1S/C24H26N2O3S/c1-18-15-19(2)17-22(16-18)26-30(28,29)23-13-11-21(12-14-23)25-24(27)10-6-9-20-7-4-3-5-8-20/h3-5,7-8,11-17,26H,6,9-10H2,1-2H3,(H,25,27). The molecule has 156 valence electrons. The molecule has 3 rings (SSSR count). The highest BCUT2D eigenvalue weighted by Crippen LogP contribution is 2.20. The van der Waals surface area contributed by atoms with E-state index in [1.807, 2.05) is 50.2 Å². The van der Waals surface area contributed by atoms with Crippen molar-refractivity contribution < 1.29 is 13.2 Å². The lowest BCUT2D eigenvalue weighted by molar-refractivity contribution is -0.116. The van der Waals surface area contributed by atoms with Crippen LogP contribution in [-0.4, -0.2) is 14.3 Å². The van der Waals surface area contributed by atoms with Crippen molar-refractivity contribution >= 4 is 27.3 Å². The van der Waals surface area contributed by atoms with Crippen LogP contribution in [0.4, 0.5) is 11.4 Å². The maximum absolute atomic E-state index is 12.6. The maximum Gasteiger partial charge on any atom is 0.261 e. The Kier molecular flexibility index (Phi) is 6.90. The second-order valence-electron chi connectivity index (χ2n) is 7.39. The highest BCUT2D eigenvalue weighted by atomic mass is 32.2. The van der Waals surface area contributed by atoms with Crippen LogP contribution < -0.4 is 10.0 Å². The van der Waals surface area contributed by atoms with Gasteiger partial charge in [-0.2, -0.15) is 0 Å². The zero-order valence-electron chi connectivity index (χ0n) is 17.2. The molecule has 0 aliphatic rings. The van der Waals surface area contributed by atoms with Gasteiger partial charge >= 0.3 is 0 Å². The predicted molar refractivity (Wildman–Crippen MR) is 121 cm³/mol. The SMILES string of the molecule is Cc1cc(C)cc(NS(=O)(=O)c2ccc(NC(=O)CCCc3ccccc3)cc2)c1. The van der Waals surface area contributed by atoms with E-state index >= 15 is 0 Å². The molecule has 0 saturated carbocycles. The van der Waals surface area contributed by atoms with Crippen LogP contribution in [0.25, 0.3) is 0 Å². The second kappa shape index (κ2) is 9.59. The molecule has 0 unspecified atom stereocenters. The van der Waals surface area contributed by atoms with Crippen molar-refractivity contribution in [3.05, 3.63) is 89.5 Å². The number of carbonyl (C=O) groups is 1. The summed E-state index contributed by atoms with van der Waals surface area (Å²) in [5.41, 5.74) is 4.28. The van der Waals surface area contributed by atoms with E-state index in [0.29, 0.717) is 17.8 Å². The molecule has 0 heterocycles. The number of aryl methyl sites for hydroxylation is 3. The quantitative estimate of drug-likeness (QED) is 0.532. The van der Waals surface area contributed by atoms with Crippen molar-refractivity contribution in [2.24, 2.45) is 0 Å². The Balaban J connectivity index is 1.56. The molecule has 3 aromatic rings. The van der Waals surface area contributed by atoms with Crippen LogP contribution in [0.15, 0.2) is 77.7 Å². The van der Waals surface area contributed by atoms with Crippen LogP contribution in [-0.2, 0) is 21.2 Å². The summed E-state index contributed by atoms with van der Waals surface area (Å²) >= 11 is 0. The number of hydrogen-bond donors (Lipinski definition) is 2. The number of amides is 1. The first-order chi connectivity index (χ1) is 14.3. The van der Waals surface area contributed by atoms with E-state index in [4.69, 9.17) is 0 Å². The molecule has 2 N–H and O–H groups in total. The van der Waals surface area contributed by atoms with E-state index < -0.39 is 10.0 Å². The number of carbonyl (C=O) groups excluding carboxylic acids is 1. The first-order valence-electron chi connectivity index (χ1n) is 9.87. The van der Waals surface area contributed by atoms with Crippen molar-refractivity contribution in [1.82, 2.24) is 0 Å². The lowest BCUT2D eigenvalue weighted by Gasteiger charge is -2.11. The molecule has 1 amide bonds. The molecule has 0 fully saturated rings. The topological polar surface area (TPSA) is 75.3 Å². The molecule has 30 heavy (non-hydrogen) atoms. The Morgan fingerprint density at radius 3 is 2.10 bits per heavy atom. The molecule has 5 nitrogen and oxygen atoms in total. The van der Waals surface area contributed by atoms with Gasteiger partial charge in [0.15, 0.2) is 0 Å². The highest BCUT2D eigenvalue weighted by Gasteiger charge is 2.15. The third kappa shape index (κ3) is 6.19. The average molecular weight is 423 g/mol. The fourth-order valence-electron chi connectivity index (χ4n) is 3.29. The van der Waals surface area contributed by atoms with Crippen molar-refractivity contribution in [1.29, 1.82) is 0 Å². The van der Waals surface area contributed by atoms with Gasteiger partial charge in [-0.15, -0.1) is 0 Å². The van der Waals surface area contributed by atoms with Crippen LogP contribution in [0.1, 0.15) is 29.5 Å². The molecule has 0 aliphatic carbocycles. The summed E-state index contributed by atoms with van der Waals surface area (Å²) in [4.78, 5) is 12.3. The maximum atomic E-state index is 12.6. The molecule has 0 bridgehead atoms. The molecule has 0 aliphatic heterocycles. The molecule has 0 saturated heterocycles. The van der Waals surface area contributed by atoms with E-state index in [9.17, 15) is 13.2 Å². The third-order valence-electron chi connectivity index (χ3n) is 4.63. The van der Waals surface area contributed by atoms with E-state index in [1.165, 1.54) is 17.7 Å². The van der Waals surface area contributed by atoms with Crippen LogP contribution >= 0.6 is 0 Å². The van der Waals surface area contributed by atoms with E-state index in [0.717, 1.165) is 24.0 Å². The van der Waals surface area contributed by atoms with Crippen molar-refractivity contribution in [2.45, 2.75) is 38.0 Å². The zero-order valence-corrected chi connectivity index (χ0v) is 18.0. The summed E-state index contributed by atoms with van der Waals surface area (Å²) in [6.07, 6.45) is 2.00.